The number of anilines is 2. The molecule has 1 aliphatic carbocycles. The summed E-state index contributed by atoms with van der Waals surface area (Å²) in [4.78, 5) is 6.67. The van der Waals surface area contributed by atoms with E-state index in [1.54, 1.807) is 0 Å². The van der Waals surface area contributed by atoms with Crippen LogP contribution in [0, 0.1) is 0 Å². The highest BCUT2D eigenvalue weighted by atomic mass is 15.3. The first-order chi connectivity index (χ1) is 12.7. The van der Waals surface area contributed by atoms with Crippen LogP contribution in [0.25, 0.3) is 5.70 Å². The number of nitrogens with zero attached hydrogens (tertiary/aromatic N) is 2. The van der Waals surface area contributed by atoms with Crippen LogP contribution in [-0.2, 0) is 0 Å². The van der Waals surface area contributed by atoms with Crippen LogP contribution in [0.4, 0.5) is 17.1 Å². The topological polar surface area (TPSA) is 53.6 Å². The predicted octanol–water partition coefficient (Wildman–Crippen LogP) is 5.16. The maximum Gasteiger partial charge on any atom is 0.0880 e. The first-order valence-electron chi connectivity index (χ1n) is 9.30. The third-order valence-electron chi connectivity index (χ3n) is 5.09. The Hall–Kier alpha value is -2.75. The summed E-state index contributed by atoms with van der Waals surface area (Å²) in [7, 11) is 0. The molecule has 0 unspecified atom stereocenters. The Labute approximate surface area is 156 Å². The van der Waals surface area contributed by atoms with E-state index in [-0.39, 0.29) is 0 Å². The van der Waals surface area contributed by atoms with E-state index >= 15 is 0 Å². The zero-order valence-electron chi connectivity index (χ0n) is 15.3. The van der Waals surface area contributed by atoms with Gasteiger partial charge in [-0.3, -0.25) is 4.99 Å². The lowest BCUT2D eigenvalue weighted by molar-refractivity contribution is 0.419. The van der Waals surface area contributed by atoms with Crippen molar-refractivity contribution in [3.63, 3.8) is 0 Å². The van der Waals surface area contributed by atoms with Crippen LogP contribution < -0.4 is 16.0 Å². The van der Waals surface area contributed by atoms with E-state index in [9.17, 15) is 0 Å². The molecular weight excluding hydrogens is 320 g/mol. The first-order valence-corrected chi connectivity index (χ1v) is 9.30. The van der Waals surface area contributed by atoms with Crippen LogP contribution in [0.15, 0.2) is 60.1 Å². The normalized spacial score (nSPS) is 14.6. The second-order valence-corrected chi connectivity index (χ2v) is 6.85. The Kier molecular flexibility index (Phi) is 5.95. The zero-order chi connectivity index (χ0) is 18.4. The van der Waals surface area contributed by atoms with Crippen LogP contribution in [-0.4, -0.2) is 19.4 Å². The van der Waals surface area contributed by atoms with Gasteiger partial charge in [0, 0.05) is 17.4 Å². The lowest BCUT2D eigenvalue weighted by Crippen LogP contribution is -2.40. The van der Waals surface area contributed by atoms with Crippen LogP contribution >= 0.6 is 0 Å². The summed E-state index contributed by atoms with van der Waals surface area (Å²) in [6, 6.07) is 16.9. The summed E-state index contributed by atoms with van der Waals surface area (Å²) >= 11 is 0. The molecule has 2 aromatic carbocycles. The lowest BCUT2D eigenvalue weighted by Gasteiger charge is -2.37. The Morgan fingerprint density at radius 2 is 1.77 bits per heavy atom. The quantitative estimate of drug-likeness (QED) is 0.537. The number of para-hydroxylation sites is 2. The van der Waals surface area contributed by atoms with Gasteiger partial charge in [0.1, 0.15) is 0 Å². The minimum Gasteiger partial charge on any atom is -0.399 e. The number of benzene rings is 2. The van der Waals surface area contributed by atoms with E-state index in [1.807, 2.05) is 36.4 Å². The molecule has 4 nitrogen and oxygen atoms in total. The lowest BCUT2D eigenvalue weighted by atomic mass is 9.94. The van der Waals surface area contributed by atoms with Crippen molar-refractivity contribution < 1.29 is 0 Å². The number of hydrogen-bond acceptors (Lipinski definition) is 4. The van der Waals surface area contributed by atoms with Crippen LogP contribution in [0.3, 0.4) is 0 Å². The molecule has 26 heavy (non-hydrogen) atoms. The van der Waals surface area contributed by atoms with Crippen molar-refractivity contribution in [2.75, 3.05) is 16.9 Å². The van der Waals surface area contributed by atoms with E-state index in [4.69, 9.17) is 5.73 Å². The van der Waals surface area contributed by atoms with Crippen molar-refractivity contribution in [1.82, 2.24) is 0 Å². The average Bonchev–Trinajstić information content (AvgIpc) is 2.69. The largest absolute Gasteiger partial charge is 0.399 e. The Morgan fingerprint density at radius 3 is 2.42 bits per heavy atom. The molecule has 1 saturated carbocycles. The zero-order valence-corrected chi connectivity index (χ0v) is 15.3. The fourth-order valence-corrected chi connectivity index (χ4v) is 3.62. The Morgan fingerprint density at radius 1 is 1.08 bits per heavy atom. The van der Waals surface area contributed by atoms with Gasteiger partial charge < -0.3 is 16.0 Å². The van der Waals surface area contributed by atoms with E-state index in [0.29, 0.717) is 11.7 Å². The highest BCUT2D eigenvalue weighted by Crippen LogP contribution is 2.33. The second-order valence-electron chi connectivity index (χ2n) is 6.85. The molecule has 1 fully saturated rings. The molecule has 0 heterocycles. The minimum absolute atomic E-state index is 0.530. The van der Waals surface area contributed by atoms with Gasteiger partial charge >= 0.3 is 0 Å². The third-order valence-corrected chi connectivity index (χ3v) is 5.09. The molecule has 3 N–H and O–H groups in total. The maximum absolute atomic E-state index is 5.75. The molecule has 0 radical (unpaired) electrons. The van der Waals surface area contributed by atoms with E-state index in [1.165, 1.54) is 32.1 Å². The number of nitrogens with two attached hydrogens (primary N) is 1. The van der Waals surface area contributed by atoms with Gasteiger partial charge in [-0.25, -0.2) is 0 Å². The monoisotopic (exact) mass is 348 g/mol. The molecule has 0 bridgehead atoms. The number of nitrogens with one attached hydrogen (secondary N) is 1. The smallest absolute Gasteiger partial charge is 0.0880 e. The molecule has 3 rings (SSSR count). The van der Waals surface area contributed by atoms with Gasteiger partial charge in [0.2, 0.25) is 0 Å². The minimum atomic E-state index is 0.530. The second kappa shape index (κ2) is 8.56. The SMILES string of the molecule is C=Nc1ccccc1N(CNc1ccc(C(=C)N)cc1)C1CCCCC1. The fourth-order valence-electron chi connectivity index (χ4n) is 3.62. The van der Waals surface area contributed by atoms with Crippen LogP contribution in [0.2, 0.25) is 0 Å². The molecule has 2 aromatic rings. The average molecular weight is 348 g/mol. The molecule has 4 heteroatoms. The molecule has 0 spiro atoms. The molecule has 0 amide bonds. The summed E-state index contributed by atoms with van der Waals surface area (Å²) < 4.78 is 0. The fraction of sp³-hybridized carbons (Fsp3) is 0.318. The molecule has 0 aliphatic heterocycles. The maximum atomic E-state index is 5.75. The first kappa shape index (κ1) is 18.1. The molecule has 0 saturated heterocycles. The van der Waals surface area contributed by atoms with E-state index in [0.717, 1.165) is 29.3 Å². The number of aliphatic imine (C=N–C) groups is 1. The van der Waals surface area contributed by atoms with Crippen LogP contribution in [0.5, 0.6) is 0 Å². The predicted molar refractivity (Wildman–Crippen MR) is 113 cm³/mol. The van der Waals surface area contributed by atoms with Crippen molar-refractivity contribution in [2.45, 2.75) is 38.1 Å². The molecule has 0 atom stereocenters. The molecule has 136 valence electrons. The van der Waals surface area contributed by atoms with Gasteiger partial charge in [-0.15, -0.1) is 0 Å². The standard InChI is InChI=1S/C22H28N4/c1-17(23)18-12-14-19(15-13-18)25-16-26(20-8-4-3-5-9-20)22-11-7-6-10-21(22)24-2/h6-7,10-15,20,25H,1-5,8-9,16,23H2. The summed E-state index contributed by atoms with van der Waals surface area (Å²) in [6.45, 7) is 8.26. The number of rotatable bonds is 7. The Balaban J connectivity index is 1.79. The summed E-state index contributed by atoms with van der Waals surface area (Å²) in [5, 5.41) is 3.55. The van der Waals surface area contributed by atoms with Gasteiger partial charge in [0.15, 0.2) is 0 Å². The van der Waals surface area contributed by atoms with Gasteiger partial charge in [-0.1, -0.05) is 50.1 Å². The highest BCUT2D eigenvalue weighted by Gasteiger charge is 2.23. The van der Waals surface area contributed by atoms with Gasteiger partial charge in [-0.2, -0.15) is 0 Å². The van der Waals surface area contributed by atoms with Crippen molar-refractivity contribution in [3.05, 3.63) is 60.7 Å². The third kappa shape index (κ3) is 4.26. The molecular formula is C22H28N4. The Bertz CT molecular complexity index is 745. The van der Waals surface area contributed by atoms with Crippen molar-refractivity contribution in [3.8, 4) is 0 Å². The number of hydrogen-bond donors (Lipinski definition) is 2. The van der Waals surface area contributed by atoms with E-state index < -0.39 is 0 Å². The van der Waals surface area contributed by atoms with Gasteiger partial charge in [0.25, 0.3) is 0 Å². The highest BCUT2D eigenvalue weighted by molar-refractivity contribution is 5.70. The van der Waals surface area contributed by atoms with Crippen molar-refractivity contribution >= 4 is 29.5 Å². The van der Waals surface area contributed by atoms with E-state index in [2.05, 4.69) is 40.6 Å². The van der Waals surface area contributed by atoms with Crippen LogP contribution in [0.1, 0.15) is 37.7 Å². The van der Waals surface area contributed by atoms with Gasteiger partial charge in [-0.05, 0) is 49.4 Å². The summed E-state index contributed by atoms with van der Waals surface area (Å²) in [5.74, 6) is 0. The van der Waals surface area contributed by atoms with Crippen molar-refractivity contribution in [2.24, 2.45) is 10.7 Å². The summed E-state index contributed by atoms with van der Waals surface area (Å²) in [5.41, 5.74) is 10.5. The molecule has 0 aromatic heterocycles. The van der Waals surface area contributed by atoms with Gasteiger partial charge in [0.05, 0.1) is 18.0 Å². The summed E-state index contributed by atoms with van der Waals surface area (Å²) in [6.07, 6.45) is 6.36. The van der Waals surface area contributed by atoms with Crippen molar-refractivity contribution in [1.29, 1.82) is 0 Å². The molecule has 1 aliphatic rings.